The largest absolute Gasteiger partial charge is 0.445 e. The molecule has 42 heavy (non-hydrogen) atoms. The number of alkyl carbamates (subject to hydrolysis) is 1. The van der Waals surface area contributed by atoms with E-state index in [1.165, 1.54) is 0 Å². The van der Waals surface area contributed by atoms with Gasteiger partial charge in [0.2, 0.25) is 0 Å². The molecule has 2 amide bonds. The van der Waals surface area contributed by atoms with E-state index in [0.29, 0.717) is 18.5 Å². The number of H-pyrrole nitrogens is 1. The van der Waals surface area contributed by atoms with E-state index in [0.717, 1.165) is 68.6 Å². The standard InChI is InChI=1S/C34H33N5O3/c1-21-25(11-7-12-29(21)37-19-24-10-5-6-17-36-24)26-15-16-28(33(35)40)32-31(26)27-14-13-23(18-30(27)39-32)38-34(41)42-20-22-8-3-2-4-9-22/h2-12,15-17,23,37,39H,13-14,18-20H2,1H3,(H2,35,40)(H,38,41). The fourth-order valence-corrected chi connectivity index (χ4v) is 5.83. The van der Waals surface area contributed by atoms with Crippen molar-refractivity contribution < 1.29 is 14.3 Å². The van der Waals surface area contributed by atoms with Crippen LogP contribution in [0.15, 0.2) is 85.1 Å². The third kappa shape index (κ3) is 5.56. The topological polar surface area (TPSA) is 122 Å². The highest BCUT2D eigenvalue weighted by Gasteiger charge is 2.27. The minimum Gasteiger partial charge on any atom is -0.445 e. The molecule has 0 bridgehead atoms. The summed E-state index contributed by atoms with van der Waals surface area (Å²) in [6.07, 6.45) is 3.45. The first kappa shape index (κ1) is 27.1. The maximum absolute atomic E-state index is 12.5. The van der Waals surface area contributed by atoms with Gasteiger partial charge in [0.15, 0.2) is 0 Å². The molecule has 0 saturated heterocycles. The Balaban J connectivity index is 1.28. The van der Waals surface area contributed by atoms with Crippen molar-refractivity contribution in [3.8, 4) is 11.1 Å². The van der Waals surface area contributed by atoms with Crippen molar-refractivity contribution in [3.05, 3.63) is 119 Å². The van der Waals surface area contributed by atoms with E-state index in [4.69, 9.17) is 10.5 Å². The molecule has 6 rings (SSSR count). The van der Waals surface area contributed by atoms with Crippen molar-refractivity contribution in [1.29, 1.82) is 0 Å². The predicted molar refractivity (Wildman–Crippen MR) is 164 cm³/mol. The van der Waals surface area contributed by atoms with Crippen LogP contribution < -0.4 is 16.4 Å². The summed E-state index contributed by atoms with van der Waals surface area (Å²) < 4.78 is 5.45. The number of carbonyl (C=O) groups is 2. The summed E-state index contributed by atoms with van der Waals surface area (Å²) in [4.78, 5) is 32.9. The van der Waals surface area contributed by atoms with Crippen LogP contribution in [0.4, 0.5) is 10.5 Å². The van der Waals surface area contributed by atoms with Gasteiger partial charge in [0.25, 0.3) is 5.91 Å². The van der Waals surface area contributed by atoms with E-state index in [-0.39, 0.29) is 12.6 Å². The molecule has 212 valence electrons. The molecule has 0 spiro atoms. The average Bonchev–Trinajstić information content (AvgIpc) is 3.39. The van der Waals surface area contributed by atoms with Crippen LogP contribution in [0, 0.1) is 6.92 Å². The number of hydrogen-bond acceptors (Lipinski definition) is 5. The van der Waals surface area contributed by atoms with Gasteiger partial charge >= 0.3 is 6.09 Å². The highest BCUT2D eigenvalue weighted by atomic mass is 16.5. The maximum atomic E-state index is 12.5. The molecule has 0 fully saturated rings. The smallest absolute Gasteiger partial charge is 0.407 e. The van der Waals surface area contributed by atoms with Gasteiger partial charge in [-0.15, -0.1) is 0 Å². The number of benzene rings is 3. The van der Waals surface area contributed by atoms with Crippen molar-refractivity contribution in [2.45, 2.75) is 45.4 Å². The van der Waals surface area contributed by atoms with Crippen molar-refractivity contribution in [2.24, 2.45) is 5.73 Å². The van der Waals surface area contributed by atoms with E-state index >= 15 is 0 Å². The van der Waals surface area contributed by atoms with Crippen LogP contribution in [0.1, 0.15) is 44.9 Å². The molecule has 0 saturated carbocycles. The number of pyridine rings is 1. The Bertz CT molecular complexity index is 1750. The number of nitrogens with two attached hydrogens (primary N) is 1. The number of amides is 2. The van der Waals surface area contributed by atoms with Gasteiger partial charge in [-0.2, -0.15) is 0 Å². The van der Waals surface area contributed by atoms with E-state index in [1.807, 2.05) is 60.7 Å². The Kier molecular flexibility index (Phi) is 7.60. The van der Waals surface area contributed by atoms with E-state index < -0.39 is 12.0 Å². The molecule has 5 N–H and O–H groups in total. The number of aryl methyl sites for hydroxylation is 1. The van der Waals surface area contributed by atoms with Crippen LogP contribution in [-0.4, -0.2) is 28.0 Å². The van der Waals surface area contributed by atoms with Crippen molar-refractivity contribution in [1.82, 2.24) is 15.3 Å². The fourth-order valence-electron chi connectivity index (χ4n) is 5.83. The Morgan fingerprint density at radius 3 is 2.62 bits per heavy atom. The molecule has 5 aromatic rings. The van der Waals surface area contributed by atoms with Crippen molar-refractivity contribution in [2.75, 3.05) is 5.32 Å². The normalized spacial score (nSPS) is 14.3. The Labute approximate surface area is 244 Å². The molecule has 2 aromatic heterocycles. The molecule has 1 aliphatic rings. The first-order valence-electron chi connectivity index (χ1n) is 14.1. The molecule has 2 heterocycles. The Morgan fingerprint density at radius 2 is 1.83 bits per heavy atom. The molecular weight excluding hydrogens is 526 g/mol. The van der Waals surface area contributed by atoms with Crippen LogP contribution in [0.2, 0.25) is 0 Å². The number of anilines is 1. The van der Waals surface area contributed by atoms with Gasteiger partial charge in [0.1, 0.15) is 6.61 Å². The van der Waals surface area contributed by atoms with Gasteiger partial charge in [-0.3, -0.25) is 9.78 Å². The quantitative estimate of drug-likeness (QED) is 0.185. The van der Waals surface area contributed by atoms with Gasteiger partial charge in [-0.25, -0.2) is 4.79 Å². The number of rotatable bonds is 8. The monoisotopic (exact) mass is 559 g/mol. The number of ether oxygens (including phenoxy) is 1. The average molecular weight is 560 g/mol. The summed E-state index contributed by atoms with van der Waals surface area (Å²) in [6, 6.07) is 25.4. The summed E-state index contributed by atoms with van der Waals surface area (Å²) in [5.74, 6) is -0.480. The number of nitrogens with one attached hydrogen (secondary N) is 3. The second-order valence-electron chi connectivity index (χ2n) is 10.7. The van der Waals surface area contributed by atoms with Crippen LogP contribution >= 0.6 is 0 Å². The van der Waals surface area contributed by atoms with Crippen LogP contribution in [0.3, 0.4) is 0 Å². The molecular formula is C34H33N5O3. The van der Waals surface area contributed by atoms with Crippen molar-refractivity contribution in [3.63, 3.8) is 0 Å². The third-order valence-electron chi connectivity index (χ3n) is 7.95. The summed E-state index contributed by atoms with van der Waals surface area (Å²) in [5, 5.41) is 7.55. The van der Waals surface area contributed by atoms with Gasteiger partial charge < -0.3 is 26.1 Å². The number of hydrogen-bond donors (Lipinski definition) is 4. The number of aromatic nitrogens is 2. The molecule has 8 heteroatoms. The summed E-state index contributed by atoms with van der Waals surface area (Å²) >= 11 is 0. The lowest BCUT2D eigenvalue weighted by molar-refractivity contribution is 0.100. The zero-order chi connectivity index (χ0) is 29.1. The van der Waals surface area contributed by atoms with Crippen LogP contribution in [-0.2, 0) is 30.7 Å². The van der Waals surface area contributed by atoms with E-state index in [2.05, 4.69) is 39.7 Å². The first-order chi connectivity index (χ1) is 20.5. The predicted octanol–water partition coefficient (Wildman–Crippen LogP) is 6.03. The highest BCUT2D eigenvalue weighted by Crippen LogP contribution is 2.40. The lowest BCUT2D eigenvalue weighted by Crippen LogP contribution is -2.39. The SMILES string of the molecule is Cc1c(NCc2ccccn2)cccc1-c1ccc(C(N)=O)c2[nH]c3c(c12)CCC(NC(=O)OCc1ccccc1)C3. The highest BCUT2D eigenvalue weighted by molar-refractivity contribution is 6.11. The first-order valence-corrected chi connectivity index (χ1v) is 14.1. The van der Waals surface area contributed by atoms with E-state index in [9.17, 15) is 9.59 Å². The molecule has 8 nitrogen and oxygen atoms in total. The Hall–Kier alpha value is -5.11. The third-order valence-corrected chi connectivity index (χ3v) is 7.95. The maximum Gasteiger partial charge on any atom is 0.407 e. The molecule has 3 aromatic carbocycles. The van der Waals surface area contributed by atoms with Crippen molar-refractivity contribution >= 4 is 28.6 Å². The van der Waals surface area contributed by atoms with Gasteiger partial charge in [-0.1, -0.05) is 54.6 Å². The molecule has 1 atom stereocenters. The number of nitrogens with zero attached hydrogens (tertiary/aromatic N) is 1. The molecule has 1 aliphatic carbocycles. The second-order valence-corrected chi connectivity index (χ2v) is 10.7. The van der Waals surface area contributed by atoms with Gasteiger partial charge in [0.05, 0.1) is 23.3 Å². The zero-order valence-corrected chi connectivity index (χ0v) is 23.4. The summed E-state index contributed by atoms with van der Waals surface area (Å²) in [6.45, 7) is 2.93. The molecule has 0 aliphatic heterocycles. The minimum absolute atomic E-state index is 0.0878. The number of primary amides is 1. The van der Waals surface area contributed by atoms with Gasteiger partial charge in [-0.05, 0) is 71.8 Å². The number of fused-ring (bicyclic) bond motifs is 3. The summed E-state index contributed by atoms with van der Waals surface area (Å²) in [5.41, 5.74) is 15.3. The lowest BCUT2D eigenvalue weighted by Gasteiger charge is -2.23. The number of carbonyl (C=O) groups excluding carboxylic acids is 2. The van der Waals surface area contributed by atoms with Gasteiger partial charge in [0, 0.05) is 35.4 Å². The van der Waals surface area contributed by atoms with Crippen LogP contribution in [0.25, 0.3) is 22.0 Å². The Morgan fingerprint density at radius 1 is 1.00 bits per heavy atom. The number of aromatic amines is 1. The van der Waals surface area contributed by atoms with E-state index in [1.54, 1.807) is 12.3 Å². The zero-order valence-electron chi connectivity index (χ0n) is 23.4. The lowest BCUT2D eigenvalue weighted by atomic mass is 9.87. The second kappa shape index (κ2) is 11.8. The van der Waals surface area contributed by atoms with Crippen LogP contribution in [0.5, 0.6) is 0 Å². The fraction of sp³-hybridized carbons (Fsp3) is 0.206. The molecule has 0 radical (unpaired) electrons. The summed E-state index contributed by atoms with van der Waals surface area (Å²) in [7, 11) is 0. The molecule has 1 unspecified atom stereocenters. The minimum atomic E-state index is -0.480.